The Morgan fingerprint density at radius 3 is 2.52 bits per heavy atom. The number of amides is 1. The summed E-state index contributed by atoms with van der Waals surface area (Å²) in [5.74, 6) is -1.35. The number of carbonyl (C=O) groups is 1. The molecule has 1 aliphatic rings. The Morgan fingerprint density at radius 2 is 1.93 bits per heavy atom. The molecule has 27 heavy (non-hydrogen) atoms. The summed E-state index contributed by atoms with van der Waals surface area (Å²) >= 11 is 0. The minimum absolute atomic E-state index is 0.0558. The van der Waals surface area contributed by atoms with Crippen molar-refractivity contribution in [1.82, 2.24) is 9.88 Å². The van der Waals surface area contributed by atoms with E-state index >= 15 is 0 Å². The van der Waals surface area contributed by atoms with Crippen LogP contribution in [0.5, 0.6) is 0 Å². The zero-order chi connectivity index (χ0) is 19.7. The predicted molar refractivity (Wildman–Crippen MR) is 96.3 cm³/mol. The number of halogens is 3. The number of aryl methyl sites for hydroxylation is 1. The van der Waals surface area contributed by atoms with Crippen LogP contribution < -0.4 is 5.32 Å². The second kappa shape index (κ2) is 6.86. The summed E-state index contributed by atoms with van der Waals surface area (Å²) < 4.78 is 42.3. The van der Waals surface area contributed by atoms with Crippen molar-refractivity contribution in [2.45, 2.75) is 18.8 Å². The minimum atomic E-state index is -4.98. The van der Waals surface area contributed by atoms with Crippen LogP contribution in [-0.2, 0) is 4.79 Å². The van der Waals surface area contributed by atoms with Crippen LogP contribution in [0, 0.1) is 6.92 Å². The summed E-state index contributed by atoms with van der Waals surface area (Å²) in [5, 5.41) is 2.25. The van der Waals surface area contributed by atoms with Crippen LogP contribution >= 0.6 is 0 Å². The zero-order valence-corrected chi connectivity index (χ0v) is 14.5. The molecule has 0 saturated carbocycles. The van der Waals surface area contributed by atoms with Crippen LogP contribution in [0.25, 0.3) is 0 Å². The molecule has 140 valence electrons. The molecular weight excluding hydrogens is 357 g/mol. The Morgan fingerprint density at radius 1 is 1.22 bits per heavy atom. The van der Waals surface area contributed by atoms with Gasteiger partial charge < -0.3 is 5.32 Å². The van der Waals surface area contributed by atoms with Gasteiger partial charge in [-0.25, -0.2) is 9.98 Å². The topological polar surface area (TPSA) is 57.6 Å². The molecule has 1 amide bonds. The third-order valence-corrected chi connectivity index (χ3v) is 4.15. The lowest BCUT2D eigenvalue weighted by Crippen LogP contribution is -2.58. The van der Waals surface area contributed by atoms with E-state index in [-0.39, 0.29) is 18.2 Å². The number of nitrogens with zero attached hydrogens (tertiary/aromatic N) is 3. The van der Waals surface area contributed by atoms with Gasteiger partial charge in [-0.3, -0.25) is 9.69 Å². The van der Waals surface area contributed by atoms with Crippen molar-refractivity contribution >= 4 is 17.6 Å². The molecule has 0 unspecified atom stereocenters. The second-order valence-corrected chi connectivity index (χ2v) is 6.01. The highest BCUT2D eigenvalue weighted by Crippen LogP contribution is 2.40. The standard InChI is InChI=1S/C19H17F3N4O/c1-3-12-26-16(14-9-5-4-6-10-14)25-18(17(26)27,19(20,21)22)24-15-13(2)8-7-11-23-15/h3-11H,1,12H2,2H3,(H,23,24)/t18-/m1/s1. The maximum absolute atomic E-state index is 14.1. The fourth-order valence-corrected chi connectivity index (χ4v) is 2.79. The third-order valence-electron chi connectivity index (χ3n) is 4.15. The molecule has 1 aliphatic heterocycles. The van der Waals surface area contributed by atoms with Gasteiger partial charge in [0.2, 0.25) is 0 Å². The van der Waals surface area contributed by atoms with Crippen LogP contribution in [-0.4, -0.2) is 40.0 Å². The van der Waals surface area contributed by atoms with Gasteiger partial charge in [-0.1, -0.05) is 42.5 Å². The minimum Gasteiger partial charge on any atom is -0.330 e. The van der Waals surface area contributed by atoms with Crippen molar-refractivity contribution in [2.75, 3.05) is 11.9 Å². The van der Waals surface area contributed by atoms with E-state index in [1.807, 2.05) is 0 Å². The first kappa shape index (κ1) is 18.6. The Bertz CT molecular complexity index is 895. The van der Waals surface area contributed by atoms with Crippen LogP contribution in [0.3, 0.4) is 0 Å². The summed E-state index contributed by atoms with van der Waals surface area (Å²) in [7, 11) is 0. The molecule has 3 rings (SSSR count). The van der Waals surface area contributed by atoms with E-state index in [9.17, 15) is 18.0 Å². The first-order valence-corrected chi connectivity index (χ1v) is 8.15. The van der Waals surface area contributed by atoms with Gasteiger partial charge in [-0.05, 0) is 18.6 Å². The first-order chi connectivity index (χ1) is 12.8. The smallest absolute Gasteiger partial charge is 0.330 e. The number of alkyl halides is 3. The van der Waals surface area contributed by atoms with Crippen molar-refractivity contribution in [3.05, 3.63) is 72.4 Å². The number of pyridine rings is 1. The van der Waals surface area contributed by atoms with Gasteiger partial charge >= 0.3 is 11.8 Å². The molecule has 2 heterocycles. The number of hydrogen-bond donors (Lipinski definition) is 1. The SMILES string of the molecule is C=CCN1C(=O)[C@](Nc2ncccc2C)(C(F)(F)F)N=C1c1ccccc1. The summed E-state index contributed by atoms with van der Waals surface area (Å²) in [4.78, 5) is 21.7. The number of aromatic nitrogens is 1. The molecule has 0 spiro atoms. The number of aliphatic imine (C=N–C) groups is 1. The maximum Gasteiger partial charge on any atom is 0.442 e. The molecule has 0 radical (unpaired) electrons. The highest BCUT2D eigenvalue weighted by molar-refractivity contribution is 6.16. The lowest BCUT2D eigenvalue weighted by Gasteiger charge is -2.29. The van der Waals surface area contributed by atoms with E-state index in [0.717, 1.165) is 4.90 Å². The van der Waals surface area contributed by atoms with Crippen molar-refractivity contribution in [3.8, 4) is 0 Å². The molecule has 0 aliphatic carbocycles. The Kier molecular flexibility index (Phi) is 4.73. The quantitative estimate of drug-likeness (QED) is 0.815. The van der Waals surface area contributed by atoms with Crippen LogP contribution in [0.2, 0.25) is 0 Å². The van der Waals surface area contributed by atoms with E-state index in [1.165, 1.54) is 12.3 Å². The highest BCUT2D eigenvalue weighted by Gasteiger charge is 2.66. The molecule has 1 atom stereocenters. The number of carbonyl (C=O) groups excluding carboxylic acids is 1. The van der Waals surface area contributed by atoms with Gasteiger partial charge in [0.15, 0.2) is 0 Å². The lowest BCUT2D eigenvalue weighted by molar-refractivity contribution is -0.185. The van der Waals surface area contributed by atoms with E-state index in [2.05, 4.69) is 21.9 Å². The summed E-state index contributed by atoms with van der Waals surface area (Å²) in [6.07, 6.45) is -2.28. The predicted octanol–water partition coefficient (Wildman–Crippen LogP) is 3.54. The Balaban J connectivity index is 2.17. The van der Waals surface area contributed by atoms with Crippen molar-refractivity contribution in [3.63, 3.8) is 0 Å². The summed E-state index contributed by atoms with van der Waals surface area (Å²) in [6.45, 7) is 5.03. The van der Waals surface area contributed by atoms with E-state index in [1.54, 1.807) is 49.4 Å². The molecule has 1 N–H and O–H groups in total. The molecule has 0 saturated heterocycles. The normalized spacial score (nSPS) is 19.8. The molecule has 0 bridgehead atoms. The van der Waals surface area contributed by atoms with Gasteiger partial charge in [0, 0.05) is 18.3 Å². The largest absolute Gasteiger partial charge is 0.442 e. The zero-order valence-electron chi connectivity index (χ0n) is 14.5. The number of nitrogens with one attached hydrogen (secondary N) is 1. The number of benzene rings is 1. The van der Waals surface area contributed by atoms with E-state index in [0.29, 0.717) is 11.1 Å². The molecule has 0 fully saturated rings. The fraction of sp³-hybridized carbons (Fsp3) is 0.211. The number of rotatable bonds is 5. The number of hydrogen-bond acceptors (Lipinski definition) is 4. The Hall–Kier alpha value is -3.16. The molecule has 1 aromatic carbocycles. The Labute approximate surface area is 154 Å². The highest BCUT2D eigenvalue weighted by atomic mass is 19.4. The average molecular weight is 374 g/mol. The lowest BCUT2D eigenvalue weighted by atomic mass is 10.1. The van der Waals surface area contributed by atoms with Crippen molar-refractivity contribution in [1.29, 1.82) is 0 Å². The fourth-order valence-electron chi connectivity index (χ4n) is 2.79. The summed E-state index contributed by atoms with van der Waals surface area (Å²) in [5.41, 5.74) is -2.29. The second-order valence-electron chi connectivity index (χ2n) is 6.01. The molecule has 2 aromatic rings. The third kappa shape index (κ3) is 3.18. The van der Waals surface area contributed by atoms with E-state index in [4.69, 9.17) is 0 Å². The number of amidine groups is 1. The van der Waals surface area contributed by atoms with E-state index < -0.39 is 17.7 Å². The van der Waals surface area contributed by atoms with Crippen LogP contribution in [0.15, 0.2) is 66.3 Å². The monoisotopic (exact) mass is 374 g/mol. The van der Waals surface area contributed by atoms with Gasteiger partial charge in [0.25, 0.3) is 5.91 Å². The van der Waals surface area contributed by atoms with Gasteiger partial charge in [0.1, 0.15) is 11.7 Å². The molecule has 8 heteroatoms. The molecular formula is C19H17F3N4O. The van der Waals surface area contributed by atoms with Crippen LogP contribution in [0.1, 0.15) is 11.1 Å². The first-order valence-electron chi connectivity index (χ1n) is 8.15. The van der Waals surface area contributed by atoms with Gasteiger partial charge in [0.05, 0.1) is 0 Å². The number of anilines is 1. The van der Waals surface area contributed by atoms with Gasteiger partial charge in [-0.2, -0.15) is 13.2 Å². The molecule has 1 aromatic heterocycles. The average Bonchev–Trinajstić information content (AvgIpc) is 2.92. The van der Waals surface area contributed by atoms with Crippen molar-refractivity contribution in [2.24, 2.45) is 4.99 Å². The maximum atomic E-state index is 14.1. The summed E-state index contributed by atoms with van der Waals surface area (Å²) in [6, 6.07) is 11.4. The van der Waals surface area contributed by atoms with Crippen molar-refractivity contribution < 1.29 is 18.0 Å². The van der Waals surface area contributed by atoms with Crippen LogP contribution in [0.4, 0.5) is 19.0 Å². The van der Waals surface area contributed by atoms with Gasteiger partial charge in [-0.15, -0.1) is 6.58 Å². The molecule has 5 nitrogen and oxygen atoms in total.